The maximum absolute atomic E-state index is 12.1. The lowest BCUT2D eigenvalue weighted by Gasteiger charge is -2.12. The number of nitrogens with two attached hydrogens (primary N) is 2. The van der Waals surface area contributed by atoms with E-state index in [1.807, 2.05) is 6.92 Å². The van der Waals surface area contributed by atoms with Crippen molar-refractivity contribution in [3.8, 4) is 0 Å². The van der Waals surface area contributed by atoms with E-state index < -0.39 is 23.8 Å². The Bertz CT molecular complexity index is 543. The predicted octanol–water partition coefficient (Wildman–Crippen LogP) is -1.25. The van der Waals surface area contributed by atoms with Crippen molar-refractivity contribution in [2.45, 2.75) is 39.2 Å². The summed E-state index contributed by atoms with van der Waals surface area (Å²) in [5, 5.41) is 13.7. The molecule has 0 aliphatic rings. The van der Waals surface area contributed by atoms with Gasteiger partial charge in [0.1, 0.15) is 5.92 Å². The molecule has 1 aromatic heterocycles. The smallest absolute Gasteiger partial charge is 0.360 e. The number of nitrogens with one attached hydrogen (secondary N) is 1. The van der Waals surface area contributed by atoms with Gasteiger partial charge in [-0.2, -0.15) is 0 Å². The Labute approximate surface area is 127 Å². The molecule has 1 atom stereocenters. The van der Waals surface area contributed by atoms with Gasteiger partial charge in [0.05, 0.1) is 6.04 Å². The van der Waals surface area contributed by atoms with Gasteiger partial charge in [-0.3, -0.25) is 9.59 Å². The van der Waals surface area contributed by atoms with Gasteiger partial charge in [-0.15, -0.1) is 10.2 Å². The number of primary amides is 1. The number of hydrogen-bond donors (Lipinski definition) is 3. The standard InChI is InChI=1S/C12H20N7O3/c1-3-6-15-12(22)19-17-11(16-18-19)7(2)10(21)8(13)4-5-9(14)20/h8H,3-6,13H2,1-2H3,(H2,14,20)(H,15,22)/t8-/m0/s1. The van der Waals surface area contributed by atoms with E-state index in [0.29, 0.717) is 6.54 Å². The van der Waals surface area contributed by atoms with Gasteiger partial charge < -0.3 is 16.8 Å². The van der Waals surface area contributed by atoms with Crippen LogP contribution in [0.1, 0.15) is 38.9 Å². The van der Waals surface area contributed by atoms with Crippen LogP contribution < -0.4 is 16.8 Å². The third-order valence-electron chi connectivity index (χ3n) is 2.87. The van der Waals surface area contributed by atoms with E-state index in [2.05, 4.69) is 20.7 Å². The number of ketones is 1. The van der Waals surface area contributed by atoms with E-state index in [9.17, 15) is 14.4 Å². The third-order valence-corrected chi connectivity index (χ3v) is 2.87. The van der Waals surface area contributed by atoms with Gasteiger partial charge in [0.25, 0.3) is 0 Å². The minimum atomic E-state index is -0.881. The highest BCUT2D eigenvalue weighted by Crippen LogP contribution is 2.12. The summed E-state index contributed by atoms with van der Waals surface area (Å²) in [4.78, 5) is 35.2. The molecular formula is C12H20N7O3. The van der Waals surface area contributed by atoms with Gasteiger partial charge in [0, 0.05) is 13.0 Å². The summed E-state index contributed by atoms with van der Waals surface area (Å²) in [6.45, 7) is 3.87. The van der Waals surface area contributed by atoms with Crippen molar-refractivity contribution >= 4 is 17.7 Å². The zero-order valence-electron chi connectivity index (χ0n) is 12.6. The van der Waals surface area contributed by atoms with Gasteiger partial charge in [-0.05, 0) is 25.0 Å². The molecule has 0 fully saturated rings. The quantitative estimate of drug-likeness (QED) is 0.540. The Morgan fingerprint density at radius 1 is 1.36 bits per heavy atom. The second-order valence-corrected chi connectivity index (χ2v) is 4.74. The molecule has 1 aromatic rings. The minimum Gasteiger partial charge on any atom is -0.370 e. The van der Waals surface area contributed by atoms with E-state index in [0.717, 1.165) is 11.2 Å². The highest BCUT2D eigenvalue weighted by molar-refractivity contribution is 5.98. The molecule has 5 N–H and O–H groups in total. The van der Waals surface area contributed by atoms with Crippen LogP contribution in [0.3, 0.4) is 0 Å². The van der Waals surface area contributed by atoms with Gasteiger partial charge in [0.15, 0.2) is 11.6 Å². The highest BCUT2D eigenvalue weighted by Gasteiger charge is 2.27. The van der Waals surface area contributed by atoms with Crippen LogP contribution in [0.15, 0.2) is 0 Å². The number of Topliss-reactive ketones (excluding diaryl/α,β-unsaturated/α-hetero) is 1. The lowest BCUT2D eigenvalue weighted by atomic mass is 9.96. The average Bonchev–Trinajstić information content (AvgIpc) is 2.98. The number of nitrogens with zero attached hydrogens (tertiary/aromatic N) is 4. The van der Waals surface area contributed by atoms with Crippen LogP contribution in [0, 0.1) is 5.92 Å². The summed E-state index contributed by atoms with van der Waals surface area (Å²) in [5.41, 5.74) is 10.7. The fourth-order valence-electron chi connectivity index (χ4n) is 1.57. The molecule has 10 heteroatoms. The van der Waals surface area contributed by atoms with Crippen molar-refractivity contribution < 1.29 is 14.4 Å². The summed E-state index contributed by atoms with van der Waals surface area (Å²) in [6, 6.07) is -1.41. The Balaban J connectivity index is 2.67. The first-order valence-electron chi connectivity index (χ1n) is 6.87. The second kappa shape index (κ2) is 8.17. The van der Waals surface area contributed by atoms with Gasteiger partial charge in [0.2, 0.25) is 5.91 Å². The normalized spacial score (nSPS) is 12.2. The van der Waals surface area contributed by atoms with Crippen LogP contribution in [-0.4, -0.2) is 50.5 Å². The van der Waals surface area contributed by atoms with E-state index in [1.165, 1.54) is 6.92 Å². The summed E-state index contributed by atoms with van der Waals surface area (Å²) < 4.78 is 0. The van der Waals surface area contributed by atoms with Crippen molar-refractivity contribution in [2.75, 3.05) is 6.54 Å². The van der Waals surface area contributed by atoms with Gasteiger partial charge in [-0.25, -0.2) is 4.79 Å². The topological polar surface area (TPSA) is 159 Å². The van der Waals surface area contributed by atoms with Gasteiger partial charge >= 0.3 is 6.03 Å². The largest absolute Gasteiger partial charge is 0.370 e. The maximum atomic E-state index is 12.1. The minimum absolute atomic E-state index is 0.0136. The molecular weight excluding hydrogens is 290 g/mol. The summed E-state index contributed by atoms with van der Waals surface area (Å²) >= 11 is 0. The van der Waals surface area contributed by atoms with Crippen LogP contribution in [-0.2, 0) is 9.59 Å². The molecule has 0 bridgehead atoms. The monoisotopic (exact) mass is 310 g/mol. The zero-order valence-corrected chi connectivity index (χ0v) is 12.6. The number of rotatable bonds is 8. The number of tetrazole rings is 1. The predicted molar refractivity (Wildman–Crippen MR) is 76.3 cm³/mol. The van der Waals surface area contributed by atoms with Crippen molar-refractivity contribution in [2.24, 2.45) is 11.5 Å². The molecule has 0 spiro atoms. The number of carbonyl (C=O) groups is 3. The number of hydrogen-bond acceptors (Lipinski definition) is 7. The summed E-state index contributed by atoms with van der Waals surface area (Å²) in [6.07, 6.45) is 0.919. The van der Waals surface area contributed by atoms with E-state index >= 15 is 0 Å². The molecule has 0 unspecified atom stereocenters. The maximum Gasteiger partial charge on any atom is 0.360 e. The molecule has 121 valence electrons. The molecule has 1 radical (unpaired) electrons. The Morgan fingerprint density at radius 3 is 2.64 bits per heavy atom. The average molecular weight is 310 g/mol. The zero-order chi connectivity index (χ0) is 16.7. The van der Waals surface area contributed by atoms with E-state index in [4.69, 9.17) is 11.5 Å². The SMILES string of the molecule is CCCNC(=O)n1nnc([C](C)C(=O)[C@@H](N)CCC(N)=O)n1. The first-order valence-corrected chi connectivity index (χ1v) is 6.87. The molecule has 0 saturated carbocycles. The molecule has 1 heterocycles. The molecule has 10 nitrogen and oxygen atoms in total. The molecule has 0 aromatic carbocycles. The van der Waals surface area contributed by atoms with Crippen molar-refractivity contribution in [3.63, 3.8) is 0 Å². The van der Waals surface area contributed by atoms with Crippen LogP contribution in [0.2, 0.25) is 0 Å². The first kappa shape index (κ1) is 17.7. The van der Waals surface area contributed by atoms with E-state index in [1.54, 1.807) is 0 Å². The summed E-state index contributed by atoms with van der Waals surface area (Å²) in [7, 11) is 0. The molecule has 2 amide bonds. The fraction of sp³-hybridized carbons (Fsp3) is 0.583. The lowest BCUT2D eigenvalue weighted by molar-refractivity contribution is -0.119. The third kappa shape index (κ3) is 4.88. The highest BCUT2D eigenvalue weighted by atomic mass is 16.2. The number of amides is 2. The molecule has 0 aliphatic carbocycles. The Morgan fingerprint density at radius 2 is 2.05 bits per heavy atom. The molecule has 0 aliphatic heterocycles. The Hall–Kier alpha value is -2.36. The molecule has 1 rings (SSSR count). The van der Waals surface area contributed by atoms with Crippen molar-refractivity contribution in [1.82, 2.24) is 25.5 Å². The van der Waals surface area contributed by atoms with Gasteiger partial charge in [-0.1, -0.05) is 11.7 Å². The van der Waals surface area contributed by atoms with Crippen LogP contribution >= 0.6 is 0 Å². The Kier molecular flexibility index (Phi) is 6.57. The number of aromatic nitrogens is 4. The summed E-state index contributed by atoms with van der Waals surface area (Å²) in [5.74, 6) is -0.759. The molecule has 0 saturated heterocycles. The first-order chi connectivity index (χ1) is 10.4. The second-order valence-electron chi connectivity index (χ2n) is 4.74. The fourth-order valence-corrected chi connectivity index (χ4v) is 1.57. The number of carbonyl (C=O) groups excluding carboxylic acids is 3. The lowest BCUT2D eigenvalue weighted by Crippen LogP contribution is -2.35. The van der Waals surface area contributed by atoms with Crippen LogP contribution in [0.25, 0.3) is 0 Å². The molecule has 22 heavy (non-hydrogen) atoms. The van der Waals surface area contributed by atoms with E-state index in [-0.39, 0.29) is 24.6 Å². The van der Waals surface area contributed by atoms with Crippen LogP contribution in [0.5, 0.6) is 0 Å². The van der Waals surface area contributed by atoms with Crippen molar-refractivity contribution in [1.29, 1.82) is 0 Å². The van der Waals surface area contributed by atoms with Crippen LogP contribution in [0.4, 0.5) is 4.79 Å². The van der Waals surface area contributed by atoms with Crippen molar-refractivity contribution in [3.05, 3.63) is 11.7 Å².